The Morgan fingerprint density at radius 2 is 1.36 bits per heavy atom. The summed E-state index contributed by atoms with van der Waals surface area (Å²) in [5.41, 5.74) is 2.56. The molecule has 4 aromatic rings. The third-order valence-corrected chi connectivity index (χ3v) is 7.38. The predicted octanol–water partition coefficient (Wildman–Crippen LogP) is 6.17. The topological polar surface area (TPSA) is 128 Å². The number of aromatic nitrogens is 4. The quantitative estimate of drug-likeness (QED) is 0.0935. The van der Waals surface area contributed by atoms with E-state index in [1.807, 2.05) is 54.6 Å². The molecule has 0 atom stereocenters. The average Bonchev–Trinajstić information content (AvgIpc) is 3.47. The summed E-state index contributed by atoms with van der Waals surface area (Å²) in [5.74, 6) is 1.54. The fraction of sp³-hybridized carbons (Fsp3) is 0.294. The van der Waals surface area contributed by atoms with E-state index < -0.39 is 0 Å². The normalized spacial score (nSPS) is 10.6. The van der Waals surface area contributed by atoms with E-state index in [9.17, 15) is 9.59 Å². The molecular weight excluding hydrogens is 588 g/mol. The van der Waals surface area contributed by atoms with Crippen LogP contribution in [0.2, 0.25) is 0 Å². The molecule has 2 aromatic heterocycles. The van der Waals surface area contributed by atoms with Crippen LogP contribution in [0.1, 0.15) is 47.5 Å². The molecule has 0 fully saturated rings. The van der Waals surface area contributed by atoms with Gasteiger partial charge in [-0.15, -0.1) is 28.5 Å². The molecule has 0 aliphatic heterocycles. The fourth-order valence-corrected chi connectivity index (χ4v) is 5.08. The number of benzene rings is 2. The lowest BCUT2D eigenvalue weighted by molar-refractivity contribution is -0.116. The standard InChI is InChI=1S/C34H38N6O4S/c1-3-5-19-43-28-14-9-11-25(21-28)23-31(41)35-30-18-17-27(37-38-30)13-7-8-16-33-39-40-34(45-33)36-32(42)24-26-12-10-15-29(22-26)44-20-6-4-2/h3-4,9-12,14-15,17-18,21-22H,1-2,5-8,13,16,19-20,23-24H2,(H,35,38,41)(H,36,40,42). The Bertz CT molecular complexity index is 1560. The number of carbonyl (C=O) groups excluding carboxylic acids is 2. The first kappa shape index (κ1) is 33.0. The lowest BCUT2D eigenvalue weighted by atomic mass is 10.1. The van der Waals surface area contributed by atoms with Gasteiger partial charge in [0.05, 0.1) is 31.7 Å². The third-order valence-electron chi connectivity index (χ3n) is 6.48. The minimum absolute atomic E-state index is 0.155. The molecule has 45 heavy (non-hydrogen) atoms. The number of carbonyl (C=O) groups is 2. The van der Waals surface area contributed by atoms with E-state index >= 15 is 0 Å². The first-order chi connectivity index (χ1) is 22.0. The van der Waals surface area contributed by atoms with Crippen LogP contribution in [0.5, 0.6) is 11.5 Å². The van der Waals surface area contributed by atoms with Crippen molar-refractivity contribution < 1.29 is 19.1 Å². The average molecular weight is 627 g/mol. The van der Waals surface area contributed by atoms with E-state index in [1.54, 1.807) is 18.2 Å². The van der Waals surface area contributed by atoms with E-state index in [0.717, 1.165) is 71.9 Å². The molecule has 0 aliphatic carbocycles. The summed E-state index contributed by atoms with van der Waals surface area (Å²) in [6.07, 6.45) is 8.82. The van der Waals surface area contributed by atoms with Gasteiger partial charge in [0.25, 0.3) is 0 Å². The van der Waals surface area contributed by atoms with Crippen LogP contribution < -0.4 is 20.1 Å². The molecule has 234 valence electrons. The van der Waals surface area contributed by atoms with Crippen LogP contribution in [0.25, 0.3) is 0 Å². The minimum Gasteiger partial charge on any atom is -0.493 e. The SMILES string of the molecule is C=CCCOc1cccc(CC(=O)Nc2ccc(CCCCc3nnc(NC(=O)Cc4cccc(OCCC=C)c4)s3)nn2)c1. The zero-order valence-electron chi connectivity index (χ0n) is 25.2. The first-order valence-electron chi connectivity index (χ1n) is 14.9. The van der Waals surface area contributed by atoms with Gasteiger partial charge in [-0.3, -0.25) is 9.59 Å². The molecule has 10 nitrogen and oxygen atoms in total. The highest BCUT2D eigenvalue weighted by Gasteiger charge is 2.11. The summed E-state index contributed by atoms with van der Waals surface area (Å²) in [7, 11) is 0. The summed E-state index contributed by atoms with van der Waals surface area (Å²) in [6.45, 7) is 8.48. The van der Waals surface area contributed by atoms with Crippen molar-refractivity contribution in [1.29, 1.82) is 0 Å². The highest BCUT2D eigenvalue weighted by molar-refractivity contribution is 7.15. The van der Waals surface area contributed by atoms with Crippen molar-refractivity contribution in [2.75, 3.05) is 23.8 Å². The van der Waals surface area contributed by atoms with Crippen LogP contribution in [-0.4, -0.2) is 45.4 Å². The van der Waals surface area contributed by atoms with Gasteiger partial charge < -0.3 is 20.1 Å². The van der Waals surface area contributed by atoms with E-state index in [2.05, 4.69) is 44.2 Å². The smallest absolute Gasteiger partial charge is 0.230 e. The molecule has 0 radical (unpaired) electrons. The molecule has 4 rings (SSSR count). The predicted molar refractivity (Wildman–Crippen MR) is 177 cm³/mol. The summed E-state index contributed by atoms with van der Waals surface area (Å²) >= 11 is 1.38. The zero-order valence-corrected chi connectivity index (χ0v) is 26.1. The van der Waals surface area contributed by atoms with Crippen LogP contribution in [0.15, 0.2) is 86.0 Å². The molecule has 2 N–H and O–H groups in total. The van der Waals surface area contributed by atoms with Gasteiger partial charge in [-0.25, -0.2) is 0 Å². The number of aryl methyl sites for hydroxylation is 2. The molecular formula is C34H38N6O4S. The second-order valence-corrected chi connectivity index (χ2v) is 11.3. The Morgan fingerprint density at radius 1 is 0.733 bits per heavy atom. The zero-order chi connectivity index (χ0) is 31.7. The highest BCUT2D eigenvalue weighted by atomic mass is 32.1. The number of unbranched alkanes of at least 4 members (excludes halogenated alkanes) is 1. The van der Waals surface area contributed by atoms with Crippen molar-refractivity contribution in [2.45, 2.75) is 51.4 Å². The molecule has 0 saturated carbocycles. The second kappa shape index (κ2) is 18.0. The van der Waals surface area contributed by atoms with Crippen LogP contribution in [0.4, 0.5) is 10.9 Å². The summed E-state index contributed by atoms with van der Waals surface area (Å²) in [5, 5.41) is 23.7. The molecule has 0 spiro atoms. The fourth-order valence-electron chi connectivity index (χ4n) is 4.28. The molecule has 0 aliphatic rings. The molecule has 0 unspecified atom stereocenters. The van der Waals surface area contributed by atoms with Crippen LogP contribution in [-0.2, 0) is 35.3 Å². The van der Waals surface area contributed by atoms with Gasteiger partial charge in [0.15, 0.2) is 5.82 Å². The lowest BCUT2D eigenvalue weighted by Crippen LogP contribution is -2.16. The summed E-state index contributed by atoms with van der Waals surface area (Å²) < 4.78 is 11.3. The largest absolute Gasteiger partial charge is 0.493 e. The van der Waals surface area contributed by atoms with Crippen molar-refractivity contribution in [1.82, 2.24) is 20.4 Å². The van der Waals surface area contributed by atoms with Crippen molar-refractivity contribution in [3.63, 3.8) is 0 Å². The number of ether oxygens (including phenoxy) is 2. The van der Waals surface area contributed by atoms with E-state index in [1.165, 1.54) is 11.3 Å². The maximum absolute atomic E-state index is 12.5. The van der Waals surface area contributed by atoms with Gasteiger partial charge in [0.2, 0.25) is 16.9 Å². The maximum Gasteiger partial charge on any atom is 0.230 e. The number of nitrogens with zero attached hydrogens (tertiary/aromatic N) is 4. The van der Waals surface area contributed by atoms with Crippen molar-refractivity contribution in [2.24, 2.45) is 0 Å². The molecule has 0 bridgehead atoms. The third kappa shape index (κ3) is 12.0. The van der Waals surface area contributed by atoms with E-state index in [0.29, 0.717) is 24.2 Å². The first-order valence-corrected chi connectivity index (χ1v) is 15.7. The van der Waals surface area contributed by atoms with Gasteiger partial charge >= 0.3 is 0 Å². The number of nitrogens with one attached hydrogen (secondary N) is 2. The minimum atomic E-state index is -0.174. The Kier molecular flexibility index (Phi) is 13.2. The Balaban J connectivity index is 1.13. The molecule has 2 aromatic carbocycles. The number of amides is 2. The van der Waals surface area contributed by atoms with Gasteiger partial charge in [-0.1, -0.05) is 47.8 Å². The molecule has 11 heteroatoms. The second-order valence-electron chi connectivity index (χ2n) is 10.2. The summed E-state index contributed by atoms with van der Waals surface area (Å²) in [6, 6.07) is 18.6. The van der Waals surface area contributed by atoms with E-state index in [-0.39, 0.29) is 24.7 Å². The monoisotopic (exact) mass is 626 g/mol. The van der Waals surface area contributed by atoms with Gasteiger partial charge in [-0.05, 0) is 79.6 Å². The number of hydrogen-bond donors (Lipinski definition) is 2. The number of anilines is 2. The Hall–Kier alpha value is -4.90. The van der Waals surface area contributed by atoms with Crippen molar-refractivity contribution >= 4 is 34.1 Å². The Labute approximate surface area is 267 Å². The van der Waals surface area contributed by atoms with E-state index in [4.69, 9.17) is 9.47 Å². The van der Waals surface area contributed by atoms with Gasteiger partial charge in [0, 0.05) is 6.42 Å². The van der Waals surface area contributed by atoms with Gasteiger partial charge in [-0.2, -0.15) is 5.10 Å². The maximum atomic E-state index is 12.5. The van der Waals surface area contributed by atoms with Crippen LogP contribution in [0.3, 0.4) is 0 Å². The highest BCUT2D eigenvalue weighted by Crippen LogP contribution is 2.20. The Morgan fingerprint density at radius 3 is 1.96 bits per heavy atom. The van der Waals surface area contributed by atoms with Crippen LogP contribution in [0, 0.1) is 0 Å². The lowest BCUT2D eigenvalue weighted by Gasteiger charge is -2.08. The van der Waals surface area contributed by atoms with Gasteiger partial charge in [0.1, 0.15) is 16.5 Å². The number of rotatable bonds is 19. The molecule has 2 heterocycles. The van der Waals surface area contributed by atoms with Crippen molar-refractivity contribution in [3.05, 3.63) is 108 Å². The molecule has 0 saturated heterocycles. The van der Waals surface area contributed by atoms with Crippen LogP contribution >= 0.6 is 11.3 Å². The van der Waals surface area contributed by atoms with Crippen molar-refractivity contribution in [3.8, 4) is 11.5 Å². The summed E-state index contributed by atoms with van der Waals surface area (Å²) in [4.78, 5) is 25.0. The number of hydrogen-bond acceptors (Lipinski definition) is 9. The molecule has 2 amide bonds.